The van der Waals surface area contributed by atoms with E-state index in [4.69, 9.17) is 4.84 Å². The van der Waals surface area contributed by atoms with E-state index in [2.05, 4.69) is 31.1 Å². The van der Waals surface area contributed by atoms with E-state index in [1.165, 1.54) is 17.5 Å². The standard InChI is InChI=1S/C23H27N7O4S/c1-4-34-29-23(31)17-13-25-22(28-21-9-10-24-14(2)26-21)12-19(17)27-18-8-7-16(15-5-6-15)11-20(18)30(3)35(32)33/h7-13,15H,4-6H2,1-3H3,(H,29,31)(H,32,33)(H2,24,25,26,27,28). The summed E-state index contributed by atoms with van der Waals surface area (Å²) >= 11 is -2.23. The topological polar surface area (TPSA) is 142 Å². The van der Waals surface area contributed by atoms with Crippen LogP contribution in [0.4, 0.5) is 28.7 Å². The highest BCUT2D eigenvalue weighted by Crippen LogP contribution is 2.43. The highest BCUT2D eigenvalue weighted by molar-refractivity contribution is 7.80. The lowest BCUT2D eigenvalue weighted by Crippen LogP contribution is -2.25. The van der Waals surface area contributed by atoms with Crippen LogP contribution >= 0.6 is 0 Å². The van der Waals surface area contributed by atoms with Crippen LogP contribution < -0.4 is 20.4 Å². The first-order valence-electron chi connectivity index (χ1n) is 11.1. The van der Waals surface area contributed by atoms with Gasteiger partial charge in [-0.15, -0.1) is 0 Å². The fourth-order valence-electron chi connectivity index (χ4n) is 3.47. The summed E-state index contributed by atoms with van der Waals surface area (Å²) in [6.45, 7) is 3.84. The molecule has 1 aliphatic carbocycles. The van der Waals surface area contributed by atoms with E-state index in [1.807, 2.05) is 18.2 Å². The van der Waals surface area contributed by atoms with Gasteiger partial charge in [-0.2, -0.15) is 0 Å². The Bertz CT molecular complexity index is 1250. The summed E-state index contributed by atoms with van der Waals surface area (Å²) in [5.74, 6) is 1.56. The highest BCUT2D eigenvalue weighted by Gasteiger charge is 2.26. The fourth-order valence-corrected chi connectivity index (χ4v) is 3.79. The molecule has 4 rings (SSSR count). The maximum absolute atomic E-state index is 12.8. The van der Waals surface area contributed by atoms with Crippen molar-refractivity contribution in [3.05, 3.63) is 59.7 Å². The van der Waals surface area contributed by atoms with Crippen molar-refractivity contribution in [2.24, 2.45) is 0 Å². The number of rotatable bonds is 10. The van der Waals surface area contributed by atoms with Crippen LogP contribution in [0.3, 0.4) is 0 Å². The summed E-state index contributed by atoms with van der Waals surface area (Å²) in [5, 5.41) is 6.35. The Balaban J connectivity index is 1.72. The molecule has 1 saturated carbocycles. The Hall–Kier alpha value is -3.61. The molecule has 1 unspecified atom stereocenters. The van der Waals surface area contributed by atoms with Crippen LogP contribution in [-0.2, 0) is 16.1 Å². The smallest absolute Gasteiger partial charge is 0.278 e. The number of amides is 1. The molecule has 12 heteroatoms. The van der Waals surface area contributed by atoms with Crippen molar-refractivity contribution in [3.8, 4) is 0 Å². The third kappa shape index (κ3) is 6.10. The molecule has 1 atom stereocenters. The van der Waals surface area contributed by atoms with Gasteiger partial charge in [0.15, 0.2) is 0 Å². The lowest BCUT2D eigenvalue weighted by Gasteiger charge is -2.21. The number of aryl methyl sites for hydroxylation is 1. The van der Waals surface area contributed by atoms with Gasteiger partial charge in [-0.3, -0.25) is 18.5 Å². The number of pyridine rings is 1. The molecule has 0 bridgehead atoms. The van der Waals surface area contributed by atoms with Gasteiger partial charge in [-0.1, -0.05) is 6.07 Å². The maximum Gasteiger partial charge on any atom is 0.278 e. The number of benzene rings is 1. The van der Waals surface area contributed by atoms with Gasteiger partial charge in [-0.05, 0) is 56.4 Å². The molecular weight excluding hydrogens is 470 g/mol. The maximum atomic E-state index is 12.8. The molecule has 2 aromatic heterocycles. The third-order valence-electron chi connectivity index (χ3n) is 5.40. The number of carbonyl (C=O) groups excluding carboxylic acids is 1. The Morgan fingerprint density at radius 2 is 1.97 bits per heavy atom. The van der Waals surface area contributed by atoms with Crippen LogP contribution in [0.1, 0.15) is 47.4 Å². The van der Waals surface area contributed by atoms with Crippen molar-refractivity contribution < 1.29 is 18.4 Å². The molecule has 2 heterocycles. The van der Waals surface area contributed by atoms with Gasteiger partial charge in [-0.25, -0.2) is 24.6 Å². The minimum absolute atomic E-state index is 0.230. The van der Waals surface area contributed by atoms with Crippen LogP contribution in [0, 0.1) is 6.92 Å². The van der Waals surface area contributed by atoms with E-state index < -0.39 is 17.2 Å². The van der Waals surface area contributed by atoms with Gasteiger partial charge in [0, 0.05) is 25.5 Å². The zero-order valence-corrected chi connectivity index (χ0v) is 20.4. The van der Waals surface area contributed by atoms with E-state index in [1.54, 1.807) is 32.2 Å². The highest BCUT2D eigenvalue weighted by atomic mass is 32.2. The van der Waals surface area contributed by atoms with Gasteiger partial charge < -0.3 is 10.6 Å². The number of hydrogen-bond acceptors (Lipinski definition) is 8. The first kappa shape index (κ1) is 24.5. The monoisotopic (exact) mass is 497 g/mol. The molecule has 1 aromatic carbocycles. The number of aromatic nitrogens is 3. The minimum Gasteiger partial charge on any atom is -0.353 e. The van der Waals surface area contributed by atoms with Crippen molar-refractivity contribution in [1.82, 2.24) is 20.4 Å². The predicted octanol–water partition coefficient (Wildman–Crippen LogP) is 3.80. The fraction of sp³-hybridized carbons (Fsp3) is 0.304. The van der Waals surface area contributed by atoms with E-state index in [0.717, 1.165) is 18.4 Å². The molecule has 0 spiro atoms. The van der Waals surface area contributed by atoms with E-state index >= 15 is 0 Å². The second-order valence-electron chi connectivity index (χ2n) is 8.00. The molecular formula is C23H27N7O4S. The number of anilines is 5. The van der Waals surface area contributed by atoms with E-state index in [9.17, 15) is 13.6 Å². The zero-order chi connectivity index (χ0) is 24.9. The minimum atomic E-state index is -2.23. The predicted molar refractivity (Wildman–Crippen MR) is 134 cm³/mol. The summed E-state index contributed by atoms with van der Waals surface area (Å²) in [6.07, 6.45) is 5.25. The lowest BCUT2D eigenvalue weighted by molar-refractivity contribution is 0.0365. The first-order valence-corrected chi connectivity index (χ1v) is 12.2. The Morgan fingerprint density at radius 3 is 2.66 bits per heavy atom. The lowest BCUT2D eigenvalue weighted by atomic mass is 10.1. The Morgan fingerprint density at radius 1 is 1.17 bits per heavy atom. The van der Waals surface area contributed by atoms with Crippen molar-refractivity contribution in [3.63, 3.8) is 0 Å². The summed E-state index contributed by atoms with van der Waals surface area (Å²) in [4.78, 5) is 30.6. The number of carbonyl (C=O) groups is 1. The average Bonchev–Trinajstić information content (AvgIpc) is 3.68. The molecule has 35 heavy (non-hydrogen) atoms. The van der Waals surface area contributed by atoms with Crippen LogP contribution in [0.5, 0.6) is 0 Å². The van der Waals surface area contributed by atoms with Crippen LogP contribution in [0.15, 0.2) is 42.7 Å². The van der Waals surface area contributed by atoms with Crippen molar-refractivity contribution in [2.75, 3.05) is 28.6 Å². The number of nitrogens with one attached hydrogen (secondary N) is 3. The normalized spacial score (nSPS) is 13.7. The molecule has 11 nitrogen and oxygen atoms in total. The van der Waals surface area contributed by atoms with Gasteiger partial charge in [0.25, 0.3) is 17.2 Å². The van der Waals surface area contributed by atoms with Crippen molar-refractivity contribution >= 4 is 45.9 Å². The number of hydrogen-bond donors (Lipinski definition) is 4. The molecule has 3 aromatic rings. The summed E-state index contributed by atoms with van der Waals surface area (Å²) in [7, 11) is 1.53. The van der Waals surface area contributed by atoms with Crippen LogP contribution in [0.25, 0.3) is 0 Å². The number of nitrogens with zero attached hydrogens (tertiary/aromatic N) is 4. The molecule has 1 aliphatic rings. The summed E-state index contributed by atoms with van der Waals surface area (Å²) in [5.41, 5.74) is 5.22. The second kappa shape index (κ2) is 10.8. The number of hydroxylamine groups is 1. The molecule has 0 radical (unpaired) electrons. The third-order valence-corrected chi connectivity index (χ3v) is 6.07. The van der Waals surface area contributed by atoms with Crippen LogP contribution in [0.2, 0.25) is 0 Å². The van der Waals surface area contributed by atoms with E-state index in [0.29, 0.717) is 47.0 Å². The molecule has 0 aliphatic heterocycles. The van der Waals surface area contributed by atoms with Gasteiger partial charge >= 0.3 is 0 Å². The zero-order valence-electron chi connectivity index (χ0n) is 19.6. The van der Waals surface area contributed by atoms with Crippen molar-refractivity contribution in [2.45, 2.75) is 32.6 Å². The molecule has 184 valence electrons. The Labute approximate surface area is 205 Å². The first-order chi connectivity index (χ1) is 16.9. The summed E-state index contributed by atoms with van der Waals surface area (Å²) in [6, 6.07) is 9.10. The summed E-state index contributed by atoms with van der Waals surface area (Å²) < 4.78 is 22.9. The van der Waals surface area contributed by atoms with Crippen LogP contribution in [-0.4, -0.2) is 43.3 Å². The van der Waals surface area contributed by atoms with Gasteiger partial charge in [0.1, 0.15) is 17.5 Å². The molecule has 0 saturated heterocycles. The second-order valence-corrected chi connectivity index (χ2v) is 9.01. The van der Waals surface area contributed by atoms with E-state index in [-0.39, 0.29) is 5.56 Å². The molecule has 4 N–H and O–H groups in total. The molecule has 1 fully saturated rings. The SMILES string of the molecule is CCONC(=O)c1cnc(Nc2ccnc(C)n2)cc1Nc1ccc(C2CC2)cc1N(C)S(=O)O. The Kier molecular flexibility index (Phi) is 7.54. The molecule has 1 amide bonds. The van der Waals surface area contributed by atoms with Gasteiger partial charge in [0.05, 0.1) is 29.2 Å². The quantitative estimate of drug-likeness (QED) is 0.243. The largest absolute Gasteiger partial charge is 0.353 e. The average molecular weight is 498 g/mol. The van der Waals surface area contributed by atoms with Crippen molar-refractivity contribution in [1.29, 1.82) is 0 Å². The van der Waals surface area contributed by atoms with Gasteiger partial charge in [0.2, 0.25) is 0 Å².